The highest BCUT2D eigenvalue weighted by atomic mass is 16.5. The molecule has 0 amide bonds. The van der Waals surface area contributed by atoms with Crippen molar-refractivity contribution in [3.05, 3.63) is 54.1 Å². The number of rotatable bonds is 8. The maximum Gasteiger partial charge on any atom is 0.356 e. The van der Waals surface area contributed by atoms with Crippen LogP contribution in [0.2, 0.25) is 0 Å². The zero-order chi connectivity index (χ0) is 17.7. The third-order valence-corrected chi connectivity index (χ3v) is 5.11. The Bertz CT molecular complexity index is 692. The highest BCUT2D eigenvalue weighted by Crippen LogP contribution is 2.41. The lowest BCUT2D eigenvalue weighted by Gasteiger charge is -2.40. The Hall–Kier alpha value is -2.14. The van der Waals surface area contributed by atoms with Crippen LogP contribution in [-0.4, -0.2) is 35.3 Å². The van der Waals surface area contributed by atoms with Crippen molar-refractivity contribution in [3.63, 3.8) is 0 Å². The van der Waals surface area contributed by atoms with Crippen LogP contribution in [-0.2, 0) is 9.47 Å². The Kier molecular flexibility index (Phi) is 5.53. The van der Waals surface area contributed by atoms with Gasteiger partial charge in [-0.15, -0.1) is 0 Å². The fourth-order valence-electron chi connectivity index (χ4n) is 3.28. The molecular formula is C20H26N2O3. The summed E-state index contributed by atoms with van der Waals surface area (Å²) < 4.78 is 13.1. The third kappa shape index (κ3) is 3.93. The molecule has 1 aliphatic rings. The summed E-state index contributed by atoms with van der Waals surface area (Å²) in [6, 6.07) is 10.1. The van der Waals surface area contributed by atoms with Crippen LogP contribution < -0.4 is 0 Å². The van der Waals surface area contributed by atoms with Gasteiger partial charge in [0.1, 0.15) is 5.69 Å². The first kappa shape index (κ1) is 17.7. The first-order chi connectivity index (χ1) is 12.2. The fourth-order valence-corrected chi connectivity index (χ4v) is 3.28. The average molecular weight is 342 g/mol. The van der Waals surface area contributed by atoms with Crippen LogP contribution in [0.4, 0.5) is 0 Å². The molecule has 1 heterocycles. The van der Waals surface area contributed by atoms with Gasteiger partial charge in [-0.1, -0.05) is 36.8 Å². The van der Waals surface area contributed by atoms with Gasteiger partial charge < -0.3 is 14.0 Å². The van der Waals surface area contributed by atoms with Gasteiger partial charge >= 0.3 is 5.97 Å². The van der Waals surface area contributed by atoms with Crippen molar-refractivity contribution < 1.29 is 14.3 Å². The van der Waals surface area contributed by atoms with Crippen molar-refractivity contribution >= 4 is 5.97 Å². The summed E-state index contributed by atoms with van der Waals surface area (Å²) in [6.45, 7) is 5.81. The van der Waals surface area contributed by atoms with E-state index in [9.17, 15) is 4.79 Å². The molecule has 5 heteroatoms. The zero-order valence-electron chi connectivity index (χ0n) is 15.0. The molecule has 1 atom stereocenters. The number of ether oxygens (including phenoxy) is 2. The predicted octanol–water partition coefficient (Wildman–Crippen LogP) is 3.86. The number of hydrogen-bond acceptors (Lipinski definition) is 4. The van der Waals surface area contributed by atoms with E-state index in [-0.39, 0.29) is 17.4 Å². The maximum absolute atomic E-state index is 12.6. The van der Waals surface area contributed by atoms with E-state index in [4.69, 9.17) is 9.47 Å². The van der Waals surface area contributed by atoms with E-state index in [0.717, 1.165) is 18.4 Å². The number of imidazole rings is 1. The van der Waals surface area contributed by atoms with Crippen LogP contribution in [0.15, 0.2) is 42.9 Å². The first-order valence-electron chi connectivity index (χ1n) is 8.97. The molecule has 0 N–H and O–H groups in total. The molecule has 2 aromatic rings. The van der Waals surface area contributed by atoms with Gasteiger partial charge in [0.15, 0.2) is 0 Å². The molecule has 0 spiro atoms. The Labute approximate surface area is 149 Å². The SMILES string of the molecule is CCOCC1(COC(=O)c2cncn2C(C)c2ccccc2)CCC1. The number of hydrogen-bond donors (Lipinski definition) is 0. The largest absolute Gasteiger partial charge is 0.460 e. The molecule has 134 valence electrons. The van der Waals surface area contributed by atoms with Gasteiger partial charge in [-0.05, 0) is 32.3 Å². The smallest absolute Gasteiger partial charge is 0.356 e. The summed E-state index contributed by atoms with van der Waals surface area (Å²) in [6.07, 6.45) is 6.55. The molecule has 5 nitrogen and oxygen atoms in total. The minimum atomic E-state index is -0.317. The van der Waals surface area contributed by atoms with E-state index >= 15 is 0 Å². The molecule has 1 fully saturated rings. The summed E-state index contributed by atoms with van der Waals surface area (Å²) in [7, 11) is 0. The van der Waals surface area contributed by atoms with Gasteiger partial charge in [0.05, 0.1) is 31.8 Å². The Morgan fingerprint density at radius 3 is 2.68 bits per heavy atom. The molecule has 1 aromatic carbocycles. The minimum absolute atomic E-state index is 0.00156. The Balaban J connectivity index is 1.66. The molecule has 1 aromatic heterocycles. The normalized spacial score (nSPS) is 16.9. The molecular weight excluding hydrogens is 316 g/mol. The Morgan fingerprint density at radius 2 is 2.04 bits per heavy atom. The second kappa shape index (κ2) is 7.83. The van der Waals surface area contributed by atoms with Crippen LogP contribution >= 0.6 is 0 Å². The molecule has 0 radical (unpaired) electrons. The lowest BCUT2D eigenvalue weighted by atomic mass is 9.70. The Morgan fingerprint density at radius 1 is 1.28 bits per heavy atom. The van der Waals surface area contributed by atoms with Crippen LogP contribution in [0.1, 0.15) is 55.2 Å². The molecule has 0 bridgehead atoms. The predicted molar refractivity (Wildman–Crippen MR) is 95.5 cm³/mol. The highest BCUT2D eigenvalue weighted by Gasteiger charge is 2.39. The third-order valence-electron chi connectivity index (χ3n) is 5.11. The number of esters is 1. The van der Waals surface area contributed by atoms with Crippen molar-refractivity contribution in [2.75, 3.05) is 19.8 Å². The molecule has 1 aliphatic carbocycles. The van der Waals surface area contributed by atoms with E-state index in [0.29, 0.717) is 25.5 Å². The topological polar surface area (TPSA) is 53.4 Å². The van der Waals surface area contributed by atoms with Crippen molar-refractivity contribution in [2.45, 2.75) is 39.2 Å². The first-order valence-corrected chi connectivity index (χ1v) is 8.97. The van der Waals surface area contributed by atoms with Gasteiger partial charge in [0, 0.05) is 12.0 Å². The molecule has 3 rings (SSSR count). The van der Waals surface area contributed by atoms with Crippen LogP contribution in [0, 0.1) is 5.41 Å². The van der Waals surface area contributed by atoms with E-state index in [1.54, 1.807) is 12.5 Å². The number of carbonyl (C=O) groups is 1. The molecule has 0 saturated heterocycles. The number of benzene rings is 1. The molecule has 0 aliphatic heterocycles. The lowest BCUT2D eigenvalue weighted by molar-refractivity contribution is -0.0501. The highest BCUT2D eigenvalue weighted by molar-refractivity contribution is 5.87. The van der Waals surface area contributed by atoms with Crippen molar-refractivity contribution in [1.29, 1.82) is 0 Å². The van der Waals surface area contributed by atoms with Gasteiger partial charge in [0.2, 0.25) is 0 Å². The standard InChI is InChI=1S/C20H26N2O3/c1-3-24-13-20(10-7-11-20)14-25-19(23)18-12-21-15-22(18)16(2)17-8-5-4-6-9-17/h4-6,8-9,12,15-16H,3,7,10-11,13-14H2,1-2H3. The van der Waals surface area contributed by atoms with Crippen molar-refractivity contribution in [1.82, 2.24) is 9.55 Å². The average Bonchev–Trinajstić information content (AvgIpc) is 3.10. The number of carbonyl (C=O) groups excluding carboxylic acids is 1. The minimum Gasteiger partial charge on any atom is -0.460 e. The zero-order valence-corrected chi connectivity index (χ0v) is 15.0. The number of nitrogens with zero attached hydrogens (tertiary/aromatic N) is 2. The second-order valence-corrected chi connectivity index (χ2v) is 6.84. The van der Waals surface area contributed by atoms with E-state index in [1.165, 1.54) is 6.42 Å². The van der Waals surface area contributed by atoms with Crippen molar-refractivity contribution in [2.24, 2.45) is 5.41 Å². The summed E-state index contributed by atoms with van der Waals surface area (Å²) in [4.78, 5) is 16.8. The van der Waals surface area contributed by atoms with Gasteiger partial charge in [-0.3, -0.25) is 0 Å². The second-order valence-electron chi connectivity index (χ2n) is 6.84. The lowest BCUT2D eigenvalue weighted by Crippen LogP contribution is -2.39. The van der Waals surface area contributed by atoms with E-state index in [2.05, 4.69) is 11.9 Å². The summed E-state index contributed by atoms with van der Waals surface area (Å²) in [5.74, 6) is -0.317. The van der Waals surface area contributed by atoms with Crippen LogP contribution in [0.5, 0.6) is 0 Å². The van der Waals surface area contributed by atoms with Gasteiger partial charge in [0.25, 0.3) is 0 Å². The van der Waals surface area contributed by atoms with Crippen molar-refractivity contribution in [3.8, 4) is 0 Å². The summed E-state index contributed by atoms with van der Waals surface area (Å²) in [5, 5.41) is 0. The monoisotopic (exact) mass is 342 g/mol. The molecule has 1 unspecified atom stereocenters. The van der Waals surface area contributed by atoms with E-state index < -0.39 is 0 Å². The fraction of sp³-hybridized carbons (Fsp3) is 0.500. The van der Waals surface area contributed by atoms with Gasteiger partial charge in [-0.25, -0.2) is 9.78 Å². The molecule has 1 saturated carbocycles. The quantitative estimate of drug-likeness (QED) is 0.684. The van der Waals surface area contributed by atoms with Gasteiger partial charge in [-0.2, -0.15) is 0 Å². The number of aromatic nitrogens is 2. The maximum atomic E-state index is 12.6. The summed E-state index contributed by atoms with van der Waals surface area (Å²) >= 11 is 0. The van der Waals surface area contributed by atoms with E-state index in [1.807, 2.05) is 41.8 Å². The molecule has 25 heavy (non-hydrogen) atoms. The van der Waals surface area contributed by atoms with Crippen LogP contribution in [0.3, 0.4) is 0 Å². The summed E-state index contributed by atoms with van der Waals surface area (Å²) in [5.41, 5.74) is 1.62. The van der Waals surface area contributed by atoms with Crippen LogP contribution in [0.25, 0.3) is 0 Å².